The maximum atomic E-state index is 12.5. The molecule has 0 aliphatic rings. The SMILES string of the molecule is CN(Cc1ccco1)C(=O)CSc1nc(-c2ccccc2)c(-c2ccccc2)o1. The van der Waals surface area contributed by atoms with Gasteiger partial charge in [-0.05, 0) is 12.1 Å². The predicted molar refractivity (Wildman–Crippen MR) is 113 cm³/mol. The van der Waals surface area contributed by atoms with Gasteiger partial charge in [0.15, 0.2) is 5.76 Å². The first kappa shape index (κ1) is 19.1. The first-order chi connectivity index (χ1) is 14.2. The number of aromatic nitrogens is 1. The fourth-order valence-electron chi connectivity index (χ4n) is 2.90. The Morgan fingerprint density at radius 2 is 1.66 bits per heavy atom. The first-order valence-electron chi connectivity index (χ1n) is 9.21. The van der Waals surface area contributed by atoms with Crippen molar-refractivity contribution in [1.29, 1.82) is 0 Å². The molecule has 146 valence electrons. The molecule has 1 amide bonds. The highest BCUT2D eigenvalue weighted by Gasteiger charge is 2.19. The number of nitrogens with zero attached hydrogens (tertiary/aromatic N) is 2. The van der Waals surface area contributed by atoms with Gasteiger partial charge >= 0.3 is 0 Å². The van der Waals surface area contributed by atoms with E-state index in [-0.39, 0.29) is 11.7 Å². The highest BCUT2D eigenvalue weighted by Crippen LogP contribution is 2.35. The molecule has 4 aromatic rings. The van der Waals surface area contributed by atoms with E-state index in [0.29, 0.717) is 17.5 Å². The predicted octanol–water partition coefficient (Wildman–Crippen LogP) is 5.35. The summed E-state index contributed by atoms with van der Waals surface area (Å²) in [6.45, 7) is 0.433. The maximum absolute atomic E-state index is 12.5. The monoisotopic (exact) mass is 404 g/mol. The molecule has 2 aromatic carbocycles. The molecule has 2 heterocycles. The molecule has 0 aliphatic heterocycles. The van der Waals surface area contributed by atoms with E-state index in [1.54, 1.807) is 18.2 Å². The van der Waals surface area contributed by atoms with E-state index in [1.807, 2.05) is 72.8 Å². The summed E-state index contributed by atoms with van der Waals surface area (Å²) in [6, 6.07) is 23.4. The number of oxazole rings is 1. The Morgan fingerprint density at radius 3 is 2.31 bits per heavy atom. The van der Waals surface area contributed by atoms with Crippen molar-refractivity contribution in [3.05, 3.63) is 84.8 Å². The van der Waals surface area contributed by atoms with Gasteiger partial charge in [0.05, 0.1) is 18.6 Å². The van der Waals surface area contributed by atoms with Crippen molar-refractivity contribution in [2.45, 2.75) is 11.8 Å². The Morgan fingerprint density at radius 1 is 0.966 bits per heavy atom. The topological polar surface area (TPSA) is 59.5 Å². The molecule has 0 bridgehead atoms. The molecule has 2 aromatic heterocycles. The van der Waals surface area contributed by atoms with Crippen LogP contribution in [0.3, 0.4) is 0 Å². The molecule has 0 atom stereocenters. The summed E-state index contributed by atoms with van der Waals surface area (Å²) in [7, 11) is 1.76. The molecule has 0 aliphatic carbocycles. The highest BCUT2D eigenvalue weighted by molar-refractivity contribution is 7.99. The van der Waals surface area contributed by atoms with Gasteiger partial charge in [0.1, 0.15) is 11.5 Å². The van der Waals surface area contributed by atoms with Crippen LogP contribution in [-0.4, -0.2) is 28.6 Å². The fourth-order valence-corrected chi connectivity index (χ4v) is 3.66. The van der Waals surface area contributed by atoms with Crippen LogP contribution in [0.2, 0.25) is 0 Å². The third-order valence-electron chi connectivity index (χ3n) is 4.41. The largest absolute Gasteiger partial charge is 0.467 e. The van der Waals surface area contributed by atoms with Crippen LogP contribution in [0.15, 0.2) is 93.1 Å². The number of thioether (sulfide) groups is 1. The van der Waals surface area contributed by atoms with Crippen LogP contribution >= 0.6 is 11.8 Å². The minimum absolute atomic E-state index is 0.0212. The standard InChI is InChI=1S/C23H20N2O3S/c1-25(15-19-13-8-14-27-19)20(26)16-29-23-24-21(17-9-4-2-5-10-17)22(28-23)18-11-6-3-7-12-18/h2-14H,15-16H2,1H3. The lowest BCUT2D eigenvalue weighted by molar-refractivity contribution is -0.127. The lowest BCUT2D eigenvalue weighted by Gasteiger charge is -2.14. The Balaban J connectivity index is 1.52. The van der Waals surface area contributed by atoms with Crippen molar-refractivity contribution in [1.82, 2.24) is 9.88 Å². The molecular weight excluding hydrogens is 384 g/mol. The van der Waals surface area contributed by atoms with Crippen LogP contribution in [0.5, 0.6) is 0 Å². The van der Waals surface area contributed by atoms with E-state index in [1.165, 1.54) is 11.8 Å². The van der Waals surface area contributed by atoms with Gasteiger partial charge < -0.3 is 13.7 Å². The molecule has 5 nitrogen and oxygen atoms in total. The lowest BCUT2D eigenvalue weighted by atomic mass is 10.1. The van der Waals surface area contributed by atoms with Gasteiger partial charge in [-0.25, -0.2) is 4.98 Å². The summed E-state index contributed by atoms with van der Waals surface area (Å²) >= 11 is 1.29. The van der Waals surface area contributed by atoms with Gasteiger partial charge in [0.2, 0.25) is 5.91 Å². The molecule has 0 saturated heterocycles. The van der Waals surface area contributed by atoms with E-state index < -0.39 is 0 Å². The molecule has 0 radical (unpaired) electrons. The molecular formula is C23H20N2O3S. The number of furan rings is 1. The van der Waals surface area contributed by atoms with Gasteiger partial charge in [-0.1, -0.05) is 72.4 Å². The van der Waals surface area contributed by atoms with Crippen LogP contribution in [0.4, 0.5) is 0 Å². The van der Waals surface area contributed by atoms with Crippen LogP contribution in [0.1, 0.15) is 5.76 Å². The summed E-state index contributed by atoms with van der Waals surface area (Å²) in [5.41, 5.74) is 2.70. The average molecular weight is 404 g/mol. The van der Waals surface area contributed by atoms with E-state index >= 15 is 0 Å². The molecule has 0 spiro atoms. The van der Waals surface area contributed by atoms with Gasteiger partial charge in [-0.2, -0.15) is 0 Å². The van der Waals surface area contributed by atoms with E-state index in [9.17, 15) is 4.79 Å². The number of carbonyl (C=O) groups excluding carboxylic acids is 1. The zero-order valence-electron chi connectivity index (χ0n) is 15.9. The van der Waals surface area contributed by atoms with Crippen LogP contribution < -0.4 is 0 Å². The molecule has 6 heteroatoms. The summed E-state index contributed by atoms with van der Waals surface area (Å²) in [4.78, 5) is 18.8. The molecule has 0 N–H and O–H groups in total. The maximum Gasteiger partial charge on any atom is 0.257 e. The number of rotatable bonds is 7. The molecule has 29 heavy (non-hydrogen) atoms. The Kier molecular flexibility index (Phi) is 5.81. The fraction of sp³-hybridized carbons (Fsp3) is 0.130. The van der Waals surface area contributed by atoms with E-state index in [2.05, 4.69) is 4.98 Å². The van der Waals surface area contributed by atoms with Gasteiger partial charge in [0, 0.05) is 18.2 Å². The van der Waals surface area contributed by atoms with Gasteiger partial charge in [-0.3, -0.25) is 4.79 Å². The van der Waals surface area contributed by atoms with Crippen LogP contribution in [0.25, 0.3) is 22.6 Å². The van der Waals surface area contributed by atoms with Crippen molar-refractivity contribution >= 4 is 17.7 Å². The van der Waals surface area contributed by atoms with Gasteiger partial charge in [-0.15, -0.1) is 0 Å². The van der Waals surface area contributed by atoms with E-state index in [0.717, 1.165) is 22.6 Å². The second kappa shape index (κ2) is 8.84. The van der Waals surface area contributed by atoms with Crippen molar-refractivity contribution in [2.24, 2.45) is 0 Å². The zero-order valence-corrected chi connectivity index (χ0v) is 16.8. The zero-order chi connectivity index (χ0) is 20.1. The molecule has 0 fully saturated rings. The minimum Gasteiger partial charge on any atom is -0.467 e. The quantitative estimate of drug-likeness (QED) is 0.389. The molecule has 4 rings (SSSR count). The number of hydrogen-bond acceptors (Lipinski definition) is 5. The Hall–Kier alpha value is -3.25. The van der Waals surface area contributed by atoms with Crippen LogP contribution in [-0.2, 0) is 11.3 Å². The lowest BCUT2D eigenvalue weighted by Crippen LogP contribution is -2.27. The number of benzene rings is 2. The summed E-state index contributed by atoms with van der Waals surface area (Å²) in [5, 5.41) is 0.474. The molecule has 0 unspecified atom stereocenters. The van der Waals surface area contributed by atoms with Crippen molar-refractivity contribution in [3.63, 3.8) is 0 Å². The first-order valence-corrected chi connectivity index (χ1v) is 10.2. The third-order valence-corrected chi connectivity index (χ3v) is 5.22. The number of amides is 1. The van der Waals surface area contributed by atoms with Crippen molar-refractivity contribution < 1.29 is 13.6 Å². The number of carbonyl (C=O) groups is 1. The average Bonchev–Trinajstić information content (AvgIpc) is 3.43. The Labute approximate surface area is 173 Å². The van der Waals surface area contributed by atoms with Crippen molar-refractivity contribution in [3.8, 4) is 22.6 Å². The van der Waals surface area contributed by atoms with Gasteiger partial charge in [0.25, 0.3) is 5.22 Å². The summed E-state index contributed by atoms with van der Waals surface area (Å²) < 4.78 is 11.4. The summed E-state index contributed by atoms with van der Waals surface area (Å²) in [5.74, 6) is 1.67. The minimum atomic E-state index is -0.0212. The Bertz CT molecular complexity index is 1000. The summed E-state index contributed by atoms with van der Waals surface area (Å²) in [6.07, 6.45) is 1.60. The molecule has 0 saturated carbocycles. The second-order valence-electron chi connectivity index (χ2n) is 6.51. The highest BCUT2D eigenvalue weighted by atomic mass is 32.2. The third kappa shape index (κ3) is 4.60. The van der Waals surface area contributed by atoms with Crippen LogP contribution in [0, 0.1) is 0 Å². The van der Waals surface area contributed by atoms with E-state index in [4.69, 9.17) is 8.83 Å². The van der Waals surface area contributed by atoms with Crippen molar-refractivity contribution in [2.75, 3.05) is 12.8 Å². The smallest absolute Gasteiger partial charge is 0.257 e. The number of hydrogen-bond donors (Lipinski definition) is 0. The second-order valence-corrected chi connectivity index (χ2v) is 7.43. The normalized spacial score (nSPS) is 10.8.